The van der Waals surface area contributed by atoms with Crippen LogP contribution in [0.15, 0.2) is 25.2 Å². The molecule has 2 rings (SSSR count). The Hall–Kier alpha value is -1.73. The minimum Gasteiger partial charge on any atom is -0.426 e. The van der Waals surface area contributed by atoms with Gasteiger partial charge in [-0.05, 0) is 0 Å². The van der Waals surface area contributed by atoms with E-state index in [0.717, 1.165) is 0 Å². The van der Waals surface area contributed by atoms with Crippen molar-refractivity contribution in [1.29, 1.82) is 0 Å². The third-order valence-corrected chi connectivity index (χ3v) is 2.07. The number of imidazole rings is 1. The van der Waals surface area contributed by atoms with Gasteiger partial charge in [0.2, 0.25) is 0 Å². The molecule has 1 unspecified atom stereocenters. The third kappa shape index (κ3) is 1.74. The van der Waals surface area contributed by atoms with Crippen LogP contribution in [0, 0.1) is 0 Å². The second-order valence-electron chi connectivity index (χ2n) is 3.06. The van der Waals surface area contributed by atoms with Crippen molar-refractivity contribution >= 4 is 18.3 Å². The molecular formula is C8H9BN4O2. The molecule has 0 aliphatic carbocycles. The lowest BCUT2D eigenvalue weighted by atomic mass is 9.72. The average molecular weight is 204 g/mol. The van der Waals surface area contributed by atoms with Crippen molar-refractivity contribution in [2.24, 2.45) is 0 Å². The van der Waals surface area contributed by atoms with Gasteiger partial charge in [0.15, 0.2) is 5.65 Å². The highest BCUT2D eigenvalue weighted by atomic mass is 16.4. The molecule has 0 amide bonds. The predicted molar refractivity (Wildman–Crippen MR) is 54.8 cm³/mol. The number of H-pyrrole nitrogens is 1. The largest absolute Gasteiger partial charge is 0.466 e. The third-order valence-electron chi connectivity index (χ3n) is 2.07. The summed E-state index contributed by atoms with van der Waals surface area (Å²) < 4.78 is 0. The molecule has 0 saturated heterocycles. The van der Waals surface area contributed by atoms with E-state index in [4.69, 9.17) is 10.0 Å². The van der Waals surface area contributed by atoms with E-state index in [2.05, 4.69) is 26.5 Å². The van der Waals surface area contributed by atoms with Gasteiger partial charge in [-0.2, -0.15) is 0 Å². The molecule has 3 N–H and O–H groups in total. The number of nitrogens with one attached hydrogen (secondary N) is 1. The summed E-state index contributed by atoms with van der Waals surface area (Å²) in [6.45, 7) is 3.51. The second kappa shape index (κ2) is 3.80. The normalized spacial score (nSPS) is 12.7. The van der Waals surface area contributed by atoms with E-state index >= 15 is 0 Å². The molecule has 6 nitrogen and oxygen atoms in total. The zero-order valence-corrected chi connectivity index (χ0v) is 7.83. The number of hydrogen-bond acceptors (Lipinski definition) is 5. The Morgan fingerprint density at radius 3 is 2.93 bits per heavy atom. The van der Waals surface area contributed by atoms with Crippen molar-refractivity contribution in [2.75, 3.05) is 0 Å². The van der Waals surface area contributed by atoms with Gasteiger partial charge in [0.25, 0.3) is 0 Å². The number of rotatable bonds is 3. The molecule has 0 aromatic carbocycles. The number of allylic oxidation sites excluding steroid dienone is 1. The molecule has 2 heterocycles. The lowest BCUT2D eigenvalue weighted by molar-refractivity contribution is 0.395. The van der Waals surface area contributed by atoms with E-state index in [1.54, 1.807) is 6.20 Å². The summed E-state index contributed by atoms with van der Waals surface area (Å²) >= 11 is 0. The van der Waals surface area contributed by atoms with Crippen molar-refractivity contribution in [3.63, 3.8) is 0 Å². The van der Waals surface area contributed by atoms with E-state index in [9.17, 15) is 0 Å². The Balaban J connectivity index is 2.47. The number of fused-ring (bicyclic) bond motifs is 1. The first-order valence-electron chi connectivity index (χ1n) is 4.36. The SMILES string of the molecule is C=CC(B(O)O)c1nc2ncncc2[nH]1. The molecule has 0 aliphatic heterocycles. The smallest absolute Gasteiger partial charge is 0.426 e. The maximum Gasteiger partial charge on any atom is 0.466 e. The van der Waals surface area contributed by atoms with Gasteiger partial charge >= 0.3 is 7.12 Å². The van der Waals surface area contributed by atoms with Crippen molar-refractivity contribution in [1.82, 2.24) is 19.9 Å². The van der Waals surface area contributed by atoms with Gasteiger partial charge in [0.05, 0.1) is 12.0 Å². The molecule has 15 heavy (non-hydrogen) atoms. The van der Waals surface area contributed by atoms with Crippen LogP contribution in [0.3, 0.4) is 0 Å². The monoisotopic (exact) mass is 204 g/mol. The Bertz CT molecular complexity index is 451. The first-order chi connectivity index (χ1) is 7.22. The molecular weight excluding hydrogens is 195 g/mol. The summed E-state index contributed by atoms with van der Waals surface area (Å²) in [5, 5.41) is 18.2. The van der Waals surface area contributed by atoms with Gasteiger partial charge < -0.3 is 15.0 Å². The van der Waals surface area contributed by atoms with Crippen LogP contribution in [-0.4, -0.2) is 37.1 Å². The predicted octanol–water partition coefficient (Wildman–Crippen LogP) is -0.366. The van der Waals surface area contributed by atoms with Crippen LogP contribution < -0.4 is 0 Å². The van der Waals surface area contributed by atoms with Crippen molar-refractivity contribution < 1.29 is 10.0 Å². The van der Waals surface area contributed by atoms with Gasteiger partial charge in [0.1, 0.15) is 17.7 Å². The average Bonchev–Trinajstić information content (AvgIpc) is 2.61. The van der Waals surface area contributed by atoms with Crippen molar-refractivity contribution in [3.05, 3.63) is 31.0 Å². The quantitative estimate of drug-likeness (QED) is 0.468. The molecule has 76 valence electrons. The maximum atomic E-state index is 9.08. The van der Waals surface area contributed by atoms with Crippen LogP contribution in [0.2, 0.25) is 0 Å². The van der Waals surface area contributed by atoms with Crippen LogP contribution in [0.5, 0.6) is 0 Å². The molecule has 0 aliphatic rings. The second-order valence-corrected chi connectivity index (χ2v) is 3.06. The molecule has 0 spiro atoms. The van der Waals surface area contributed by atoms with Crippen molar-refractivity contribution in [2.45, 2.75) is 5.82 Å². The summed E-state index contributed by atoms with van der Waals surface area (Å²) in [6, 6.07) is 0. The number of aromatic nitrogens is 4. The van der Waals surface area contributed by atoms with Gasteiger partial charge in [-0.25, -0.2) is 15.0 Å². The Kier molecular flexibility index (Phi) is 2.48. The lowest BCUT2D eigenvalue weighted by Crippen LogP contribution is -2.22. The Morgan fingerprint density at radius 1 is 1.53 bits per heavy atom. The standard InChI is InChI=1S/C8H9BN4O2/c1-2-5(9(14)15)7-12-6-3-10-4-11-8(6)13-7/h2-5,14-15H,1H2,(H,10,11,12,13). The van der Waals surface area contributed by atoms with Crippen LogP contribution in [0.4, 0.5) is 0 Å². The van der Waals surface area contributed by atoms with Crippen LogP contribution in [0.25, 0.3) is 11.2 Å². The summed E-state index contributed by atoms with van der Waals surface area (Å²) in [6.07, 6.45) is 4.36. The number of aromatic amines is 1. The minimum absolute atomic E-state index is 0.413. The van der Waals surface area contributed by atoms with Crippen molar-refractivity contribution in [3.8, 4) is 0 Å². The molecule has 0 radical (unpaired) electrons. The molecule has 2 aromatic rings. The van der Waals surface area contributed by atoms with E-state index in [-0.39, 0.29) is 0 Å². The minimum atomic E-state index is -1.53. The first kappa shape index (κ1) is 9.82. The Labute approximate surface area is 85.9 Å². The molecule has 0 fully saturated rings. The van der Waals surface area contributed by atoms with Crippen LogP contribution in [0.1, 0.15) is 11.6 Å². The lowest BCUT2D eigenvalue weighted by Gasteiger charge is -2.06. The summed E-state index contributed by atoms with van der Waals surface area (Å²) in [5.74, 6) is -0.241. The topological polar surface area (TPSA) is 94.9 Å². The highest BCUT2D eigenvalue weighted by Gasteiger charge is 2.25. The summed E-state index contributed by atoms with van der Waals surface area (Å²) in [5.41, 5.74) is 1.15. The highest BCUT2D eigenvalue weighted by Crippen LogP contribution is 2.17. The highest BCUT2D eigenvalue weighted by molar-refractivity contribution is 6.43. The number of hydrogen-bond donors (Lipinski definition) is 3. The van der Waals surface area contributed by atoms with E-state index < -0.39 is 12.9 Å². The van der Waals surface area contributed by atoms with E-state index in [0.29, 0.717) is 17.0 Å². The summed E-state index contributed by atoms with van der Waals surface area (Å²) in [4.78, 5) is 14.8. The van der Waals surface area contributed by atoms with Crippen LogP contribution in [-0.2, 0) is 0 Å². The Morgan fingerprint density at radius 2 is 2.33 bits per heavy atom. The molecule has 0 saturated carbocycles. The van der Waals surface area contributed by atoms with E-state index in [1.807, 2.05) is 0 Å². The number of nitrogens with zero attached hydrogens (tertiary/aromatic N) is 3. The summed E-state index contributed by atoms with van der Waals surface area (Å²) in [7, 11) is -1.53. The molecule has 1 atom stereocenters. The van der Waals surface area contributed by atoms with Crippen LogP contribution >= 0.6 is 0 Å². The first-order valence-corrected chi connectivity index (χ1v) is 4.36. The molecule has 2 aromatic heterocycles. The fourth-order valence-corrected chi connectivity index (χ4v) is 1.31. The van der Waals surface area contributed by atoms with E-state index in [1.165, 1.54) is 12.4 Å². The zero-order chi connectivity index (χ0) is 10.8. The fourth-order valence-electron chi connectivity index (χ4n) is 1.31. The maximum absolute atomic E-state index is 9.08. The molecule has 0 bridgehead atoms. The fraction of sp³-hybridized carbons (Fsp3) is 0.125. The zero-order valence-electron chi connectivity index (χ0n) is 7.83. The molecule has 7 heteroatoms. The van der Waals surface area contributed by atoms with Gasteiger partial charge in [-0.3, -0.25) is 0 Å². The van der Waals surface area contributed by atoms with Gasteiger partial charge in [-0.15, -0.1) is 6.58 Å². The van der Waals surface area contributed by atoms with Gasteiger partial charge in [0, 0.05) is 0 Å². The van der Waals surface area contributed by atoms with Gasteiger partial charge in [-0.1, -0.05) is 6.08 Å².